The third kappa shape index (κ3) is 5.32. The first-order valence-corrected chi connectivity index (χ1v) is 12.0. The lowest BCUT2D eigenvalue weighted by molar-refractivity contribution is -0.00583. The number of nitrogens with zero attached hydrogens (tertiary/aromatic N) is 5. The summed E-state index contributed by atoms with van der Waals surface area (Å²) in [4.78, 5) is 29.9. The van der Waals surface area contributed by atoms with Gasteiger partial charge in [-0.2, -0.15) is 0 Å². The lowest BCUT2D eigenvalue weighted by atomic mass is 10.0. The van der Waals surface area contributed by atoms with Crippen LogP contribution in [0.2, 0.25) is 5.02 Å². The van der Waals surface area contributed by atoms with E-state index < -0.39 is 45.6 Å². The molecule has 0 fully saturated rings. The van der Waals surface area contributed by atoms with Gasteiger partial charge in [0.2, 0.25) is 0 Å². The molecule has 11 heteroatoms. The molecule has 0 spiro atoms. The Kier molecular flexibility index (Phi) is 7.15. The fourth-order valence-electron chi connectivity index (χ4n) is 3.96. The molecule has 0 atom stereocenters. The minimum absolute atomic E-state index is 0.182. The van der Waals surface area contributed by atoms with E-state index in [1.807, 2.05) is 0 Å². The van der Waals surface area contributed by atoms with E-state index in [4.69, 9.17) is 11.6 Å². The average Bonchev–Trinajstić information content (AvgIpc) is 2.84. The SMILES string of the molecule is Cc1cnc(CC(F)(F)c2cc(C)n(-c3cc(-c4ccnc(C(C)(C)O)n4)ncc3C)c(=O)c2Cl)c(F)c1. The monoisotopic (exact) mass is 543 g/mol. The molecule has 0 amide bonds. The second-order valence-electron chi connectivity index (χ2n) is 9.66. The van der Waals surface area contributed by atoms with Gasteiger partial charge in [-0.05, 0) is 70.0 Å². The number of halogens is 4. The average molecular weight is 544 g/mol. The Bertz CT molecular complexity index is 1600. The summed E-state index contributed by atoms with van der Waals surface area (Å²) >= 11 is 6.22. The zero-order valence-electron chi connectivity index (χ0n) is 21.4. The van der Waals surface area contributed by atoms with Gasteiger partial charge < -0.3 is 5.11 Å². The molecule has 0 saturated carbocycles. The second kappa shape index (κ2) is 9.92. The van der Waals surface area contributed by atoms with Gasteiger partial charge in [0, 0.05) is 29.8 Å². The molecule has 198 valence electrons. The molecule has 0 aliphatic rings. The van der Waals surface area contributed by atoms with E-state index in [1.54, 1.807) is 39.8 Å². The molecule has 0 saturated heterocycles. The van der Waals surface area contributed by atoms with Crippen molar-refractivity contribution in [2.75, 3.05) is 0 Å². The topological polar surface area (TPSA) is 93.8 Å². The Labute approximate surface area is 222 Å². The number of aliphatic hydroxyl groups is 1. The fraction of sp³-hybridized carbons (Fsp3) is 0.296. The van der Waals surface area contributed by atoms with Crippen molar-refractivity contribution in [2.45, 2.75) is 52.6 Å². The highest BCUT2D eigenvalue weighted by molar-refractivity contribution is 6.31. The Hall–Kier alpha value is -3.63. The minimum atomic E-state index is -3.66. The molecule has 4 aromatic heterocycles. The first-order valence-electron chi connectivity index (χ1n) is 11.6. The summed E-state index contributed by atoms with van der Waals surface area (Å²) in [6, 6.07) is 5.42. The maximum atomic E-state index is 15.3. The van der Waals surface area contributed by atoms with Crippen LogP contribution < -0.4 is 5.56 Å². The first-order chi connectivity index (χ1) is 17.7. The number of hydrogen-bond donors (Lipinski definition) is 1. The summed E-state index contributed by atoms with van der Waals surface area (Å²) in [5.41, 5.74) is -0.895. The Morgan fingerprint density at radius 3 is 2.39 bits per heavy atom. The minimum Gasteiger partial charge on any atom is -0.382 e. The fourth-order valence-corrected chi connectivity index (χ4v) is 4.24. The Morgan fingerprint density at radius 1 is 1.03 bits per heavy atom. The van der Waals surface area contributed by atoms with Crippen LogP contribution in [-0.4, -0.2) is 29.6 Å². The molecular weight excluding hydrogens is 519 g/mol. The summed E-state index contributed by atoms with van der Waals surface area (Å²) in [6.45, 7) is 7.90. The molecule has 0 bridgehead atoms. The van der Waals surface area contributed by atoms with Gasteiger partial charge in [0.1, 0.15) is 16.4 Å². The van der Waals surface area contributed by atoms with Gasteiger partial charge >= 0.3 is 0 Å². The third-order valence-electron chi connectivity index (χ3n) is 5.95. The maximum Gasteiger partial charge on any atom is 0.280 e. The van der Waals surface area contributed by atoms with Crippen molar-refractivity contribution in [2.24, 2.45) is 0 Å². The molecule has 1 N–H and O–H groups in total. The van der Waals surface area contributed by atoms with Crippen molar-refractivity contribution in [1.29, 1.82) is 0 Å². The van der Waals surface area contributed by atoms with Gasteiger partial charge in [-0.15, -0.1) is 0 Å². The second-order valence-corrected chi connectivity index (χ2v) is 10.0. The van der Waals surface area contributed by atoms with Crippen molar-refractivity contribution in [3.8, 4) is 17.1 Å². The molecule has 0 aliphatic carbocycles. The van der Waals surface area contributed by atoms with E-state index >= 15 is 8.78 Å². The van der Waals surface area contributed by atoms with E-state index in [0.717, 1.165) is 12.1 Å². The maximum absolute atomic E-state index is 15.3. The predicted octanol–water partition coefficient (Wildman–Crippen LogP) is 5.36. The summed E-state index contributed by atoms with van der Waals surface area (Å²) in [5.74, 6) is -4.33. The molecule has 0 aliphatic heterocycles. The van der Waals surface area contributed by atoms with Crippen molar-refractivity contribution in [1.82, 2.24) is 24.5 Å². The Morgan fingerprint density at radius 2 is 1.74 bits per heavy atom. The van der Waals surface area contributed by atoms with E-state index in [9.17, 15) is 14.3 Å². The molecule has 7 nitrogen and oxygen atoms in total. The van der Waals surface area contributed by atoms with Crippen LogP contribution in [0.15, 0.2) is 47.7 Å². The largest absolute Gasteiger partial charge is 0.382 e. The zero-order chi connectivity index (χ0) is 28.0. The predicted molar refractivity (Wildman–Crippen MR) is 137 cm³/mol. The molecule has 4 heterocycles. The van der Waals surface area contributed by atoms with Crippen molar-refractivity contribution in [3.05, 3.63) is 98.0 Å². The molecular formula is C27H25ClF3N5O2. The highest BCUT2D eigenvalue weighted by Gasteiger charge is 2.37. The van der Waals surface area contributed by atoms with Crippen LogP contribution in [0.4, 0.5) is 13.2 Å². The van der Waals surface area contributed by atoms with Gasteiger partial charge in [0.05, 0.1) is 29.2 Å². The standard InChI is InChI=1S/C27H25ClF3N5O2/c1-14-8-18(29)21(33-12-14)11-27(30,31)17-9-16(3)36(24(37)23(17)28)22-10-20(34-13-15(22)2)19-6-7-32-25(35-19)26(4,5)38/h6-10,12-13,38H,11H2,1-5H3. The van der Waals surface area contributed by atoms with Gasteiger partial charge in [-0.1, -0.05) is 11.6 Å². The third-order valence-corrected chi connectivity index (χ3v) is 6.32. The van der Waals surface area contributed by atoms with E-state index in [1.165, 1.54) is 30.1 Å². The number of alkyl halides is 2. The molecule has 0 unspecified atom stereocenters. The first kappa shape index (κ1) is 27.4. The molecule has 0 radical (unpaired) electrons. The number of aromatic nitrogens is 5. The smallest absolute Gasteiger partial charge is 0.280 e. The number of pyridine rings is 3. The van der Waals surface area contributed by atoms with Crippen LogP contribution in [0, 0.1) is 26.6 Å². The number of rotatable bonds is 6. The number of aryl methyl sites for hydroxylation is 3. The van der Waals surface area contributed by atoms with E-state index in [-0.39, 0.29) is 11.5 Å². The van der Waals surface area contributed by atoms with Crippen LogP contribution >= 0.6 is 11.6 Å². The van der Waals surface area contributed by atoms with Crippen LogP contribution in [0.5, 0.6) is 0 Å². The van der Waals surface area contributed by atoms with E-state index in [2.05, 4.69) is 19.9 Å². The van der Waals surface area contributed by atoms with Crippen molar-refractivity contribution in [3.63, 3.8) is 0 Å². The lowest BCUT2D eigenvalue weighted by Gasteiger charge is -2.21. The molecule has 4 aromatic rings. The van der Waals surface area contributed by atoms with Crippen molar-refractivity contribution >= 4 is 11.6 Å². The molecule has 38 heavy (non-hydrogen) atoms. The summed E-state index contributed by atoms with van der Waals surface area (Å²) in [6.07, 6.45) is 3.24. The van der Waals surface area contributed by atoms with Gasteiger partial charge in [0.15, 0.2) is 5.82 Å². The van der Waals surface area contributed by atoms with E-state index in [0.29, 0.717) is 28.2 Å². The van der Waals surface area contributed by atoms with Crippen LogP contribution in [-0.2, 0) is 17.9 Å². The van der Waals surface area contributed by atoms with Gasteiger partial charge in [0.25, 0.3) is 11.5 Å². The highest BCUT2D eigenvalue weighted by Crippen LogP contribution is 2.36. The quantitative estimate of drug-likeness (QED) is 0.352. The van der Waals surface area contributed by atoms with Gasteiger partial charge in [-0.3, -0.25) is 19.3 Å². The normalized spacial score (nSPS) is 12.2. The summed E-state index contributed by atoms with van der Waals surface area (Å²) in [5, 5.41) is 9.58. The summed E-state index contributed by atoms with van der Waals surface area (Å²) in [7, 11) is 0. The van der Waals surface area contributed by atoms with Crippen LogP contribution in [0.3, 0.4) is 0 Å². The van der Waals surface area contributed by atoms with Gasteiger partial charge in [-0.25, -0.2) is 23.1 Å². The molecule has 4 rings (SSSR count). The molecule has 0 aromatic carbocycles. The summed E-state index contributed by atoms with van der Waals surface area (Å²) < 4.78 is 46.0. The highest BCUT2D eigenvalue weighted by atomic mass is 35.5. The number of hydrogen-bond acceptors (Lipinski definition) is 6. The zero-order valence-corrected chi connectivity index (χ0v) is 22.1. The van der Waals surface area contributed by atoms with Crippen molar-refractivity contribution < 1.29 is 18.3 Å². The Balaban J connectivity index is 1.80. The van der Waals surface area contributed by atoms with Crippen LogP contribution in [0.25, 0.3) is 17.1 Å². The lowest BCUT2D eigenvalue weighted by Crippen LogP contribution is -2.28. The van der Waals surface area contributed by atoms with Crippen LogP contribution in [0.1, 0.15) is 47.8 Å².